The van der Waals surface area contributed by atoms with E-state index in [0.29, 0.717) is 67.3 Å². The summed E-state index contributed by atoms with van der Waals surface area (Å²) in [5.74, 6) is 0.844. The number of aromatic amines is 1. The molecule has 1 aliphatic heterocycles. The highest BCUT2D eigenvalue weighted by Gasteiger charge is 2.33. The number of carbonyl (C=O) groups is 4. The zero-order valence-electron chi connectivity index (χ0n) is 45.9. The van der Waals surface area contributed by atoms with Gasteiger partial charge >= 0.3 is 6.03 Å². The maximum absolute atomic E-state index is 12.9. The molecule has 3 heterocycles. The van der Waals surface area contributed by atoms with Gasteiger partial charge in [-0.05, 0) is 101 Å². The lowest BCUT2D eigenvalue weighted by Crippen LogP contribution is -2.51. The number of allylic oxidation sites excluding steroid dienone is 5. The molecule has 1 fully saturated rings. The third-order valence-electron chi connectivity index (χ3n) is 11.9. The van der Waals surface area contributed by atoms with Crippen LogP contribution in [0.5, 0.6) is 5.75 Å². The number of unbranched alkanes of at least 4 members (excludes halogenated alkanes) is 4. The van der Waals surface area contributed by atoms with Crippen LogP contribution < -0.4 is 31.4 Å². The van der Waals surface area contributed by atoms with E-state index < -0.39 is 17.0 Å². The summed E-state index contributed by atoms with van der Waals surface area (Å²) < 4.78 is 20.1. The number of fused-ring (bicyclic) bond motifs is 1. The molecule has 16 nitrogen and oxygen atoms in total. The Hall–Kier alpha value is -5.59. The molecule has 0 spiro atoms. The number of carboxylic acid groups (broad SMARTS) is 1. The number of hydrogen-bond donors (Lipinski definition) is 6. The van der Waals surface area contributed by atoms with Gasteiger partial charge in [0.1, 0.15) is 16.7 Å². The molecule has 2 aliphatic carbocycles. The number of carboxylic acids is 1. The van der Waals surface area contributed by atoms with Crippen molar-refractivity contribution < 1.29 is 33.2 Å². The Morgan fingerprint density at radius 1 is 1.04 bits per heavy atom. The Morgan fingerprint density at radius 2 is 1.77 bits per heavy atom. The van der Waals surface area contributed by atoms with Crippen molar-refractivity contribution in [2.45, 2.75) is 151 Å². The van der Waals surface area contributed by atoms with Gasteiger partial charge in [0.2, 0.25) is 12.3 Å². The van der Waals surface area contributed by atoms with Gasteiger partial charge in [-0.1, -0.05) is 90.2 Å². The predicted octanol–water partition coefficient (Wildman–Crippen LogP) is 10.7. The van der Waals surface area contributed by atoms with Crippen LogP contribution in [0.4, 0.5) is 9.93 Å². The first-order valence-corrected chi connectivity index (χ1v) is 28.6. The van der Waals surface area contributed by atoms with E-state index >= 15 is 0 Å². The average molecular weight is 1070 g/mol. The number of thiazole rings is 1. The molecule has 1 aromatic carbocycles. The molecule has 6 rings (SSSR count). The van der Waals surface area contributed by atoms with Crippen LogP contribution in [0.3, 0.4) is 0 Å². The van der Waals surface area contributed by atoms with E-state index in [1.807, 2.05) is 54.8 Å². The number of urea groups is 1. The van der Waals surface area contributed by atoms with Crippen molar-refractivity contribution in [1.82, 2.24) is 35.1 Å². The number of ether oxygens (including phenoxy) is 1. The summed E-state index contributed by atoms with van der Waals surface area (Å²) in [7, 11) is 2.24. The summed E-state index contributed by atoms with van der Waals surface area (Å²) in [5.41, 5.74) is 3.42. The molecule has 3 aliphatic rings. The fraction of sp³-hybridized carbons (Fsp3) is 0.571. The van der Waals surface area contributed by atoms with Crippen LogP contribution in [-0.4, -0.2) is 112 Å². The summed E-state index contributed by atoms with van der Waals surface area (Å²) in [6, 6.07) is 7.22. The zero-order valence-corrected chi connectivity index (χ0v) is 47.6. The lowest BCUT2D eigenvalue weighted by atomic mass is 9.84. The quantitative estimate of drug-likeness (QED) is 0.0318. The van der Waals surface area contributed by atoms with E-state index in [9.17, 15) is 23.4 Å². The van der Waals surface area contributed by atoms with Crippen LogP contribution in [-0.2, 0) is 25.4 Å². The fourth-order valence-electron chi connectivity index (χ4n) is 8.14. The SMILES string of the molecule is CC.CC(=O)O.CCCCC/C=C\C(C)CNC(=O)CCCCN(C)C=O.CCNC(=O)NC(CN1CC2=C(C=CC=CC2)S1=O)C1CCCCC1.COc1ccc2c(=O)cc(-c3csc(NC(C)C)n3)[nH]c2c1. The van der Waals surface area contributed by atoms with Crippen molar-refractivity contribution in [3.05, 3.63) is 86.8 Å². The third kappa shape index (κ3) is 25.1. The average Bonchev–Trinajstić information content (AvgIpc) is 3.88. The molecule has 0 radical (unpaired) electrons. The van der Waals surface area contributed by atoms with Crippen molar-refractivity contribution in [1.29, 1.82) is 0 Å². The number of pyridine rings is 1. The number of hydrogen-bond acceptors (Lipinski definition) is 10. The van der Waals surface area contributed by atoms with E-state index in [2.05, 4.69) is 77.2 Å². The molecule has 18 heteroatoms. The zero-order chi connectivity index (χ0) is 54.8. The number of methoxy groups -OCH3 is 1. The van der Waals surface area contributed by atoms with E-state index in [1.165, 1.54) is 55.4 Å². The highest BCUT2D eigenvalue weighted by molar-refractivity contribution is 7.87. The summed E-state index contributed by atoms with van der Waals surface area (Å²) in [5, 5.41) is 23.0. The number of aliphatic carboxylic acids is 1. The van der Waals surface area contributed by atoms with Crippen LogP contribution in [0, 0.1) is 11.8 Å². The Labute approximate surface area is 447 Å². The van der Waals surface area contributed by atoms with Crippen molar-refractivity contribution >= 4 is 62.7 Å². The number of carbonyl (C=O) groups excluding carboxylic acids is 3. The van der Waals surface area contributed by atoms with Crippen LogP contribution in [0.15, 0.2) is 81.4 Å². The summed E-state index contributed by atoms with van der Waals surface area (Å²) >= 11 is 1.52. The maximum Gasteiger partial charge on any atom is 0.315 e. The Kier molecular flexibility index (Phi) is 32.4. The van der Waals surface area contributed by atoms with Crippen LogP contribution >= 0.6 is 11.3 Å². The maximum atomic E-state index is 12.9. The number of nitrogens with zero attached hydrogens (tertiary/aromatic N) is 3. The molecular formula is C56H88N8O8S2. The first-order chi connectivity index (χ1) is 35.6. The van der Waals surface area contributed by atoms with Gasteiger partial charge in [0.25, 0.3) is 5.97 Å². The number of anilines is 1. The van der Waals surface area contributed by atoms with Crippen LogP contribution in [0.1, 0.15) is 139 Å². The molecule has 6 N–H and O–H groups in total. The molecule has 412 valence electrons. The minimum atomic E-state index is -1.12. The van der Waals surface area contributed by atoms with Gasteiger partial charge in [-0.2, -0.15) is 0 Å². The van der Waals surface area contributed by atoms with E-state index in [-0.39, 0.29) is 23.4 Å². The third-order valence-corrected chi connectivity index (χ3v) is 14.2. The number of aromatic nitrogens is 2. The summed E-state index contributed by atoms with van der Waals surface area (Å²) in [6.45, 7) is 18.9. The second kappa shape index (κ2) is 37.2. The van der Waals surface area contributed by atoms with Gasteiger partial charge in [-0.25, -0.2) is 18.3 Å². The van der Waals surface area contributed by atoms with Crippen molar-refractivity contribution in [2.24, 2.45) is 11.8 Å². The second-order valence-corrected chi connectivity index (χ2v) is 20.9. The molecular weight excluding hydrogens is 977 g/mol. The molecule has 0 saturated heterocycles. The van der Waals surface area contributed by atoms with Gasteiger partial charge in [0.15, 0.2) is 10.6 Å². The van der Waals surface area contributed by atoms with Crippen molar-refractivity contribution in [3.8, 4) is 17.1 Å². The minimum Gasteiger partial charge on any atom is -0.497 e. The smallest absolute Gasteiger partial charge is 0.315 e. The van der Waals surface area contributed by atoms with Gasteiger partial charge in [-0.3, -0.25) is 19.2 Å². The number of H-pyrrole nitrogens is 1. The predicted molar refractivity (Wildman–Crippen MR) is 306 cm³/mol. The second-order valence-electron chi connectivity index (χ2n) is 18.6. The van der Waals surface area contributed by atoms with Gasteiger partial charge in [0.05, 0.1) is 28.9 Å². The topological polar surface area (TPSA) is 215 Å². The highest BCUT2D eigenvalue weighted by Crippen LogP contribution is 2.32. The molecule has 74 heavy (non-hydrogen) atoms. The number of nitrogens with one attached hydrogen (secondary N) is 5. The van der Waals surface area contributed by atoms with Gasteiger partial charge in [0, 0.05) is 88.1 Å². The summed E-state index contributed by atoms with van der Waals surface area (Å²) in [4.78, 5) is 65.7. The Morgan fingerprint density at radius 3 is 2.43 bits per heavy atom. The van der Waals surface area contributed by atoms with Crippen LogP contribution in [0.25, 0.3) is 22.3 Å². The Balaban J connectivity index is 0.000000362. The molecule has 0 bridgehead atoms. The fourth-order valence-corrected chi connectivity index (χ4v) is 10.4. The standard InChI is InChI=1S/C19H29N3O2S.C17H32N2O2.C16H17N3O2S.C2H4O2.C2H6/c1-2-20-19(23)21-17(15-9-5-3-6-10-15)14-22-13-16-11-7-4-8-12-18(16)25(22)24;1-4-5-6-7-8-11-16(2)14-18-17(21)12-9-10-13-19(3)15-20;1-9(2)17-16-19-14(8-22-16)13-7-15(20)11-5-4-10(21-3)6-12(11)18-13;1-2(3)4;1-2/h4,7-8,12,15,17H,2-3,5-6,9-11,13-14H2,1H3,(H2,20,21,23);8,11,15-16H,4-7,9-10,12-14H2,1-3H3,(H,18,21);4-9H,1-3H3,(H,17,19)(H,18,20);1H3,(H,3,4);1-2H3/b;11-8-;;;. The van der Waals surface area contributed by atoms with Crippen molar-refractivity contribution in [3.63, 3.8) is 0 Å². The molecule has 3 unspecified atom stereocenters. The van der Waals surface area contributed by atoms with Gasteiger partial charge < -0.3 is 41.0 Å². The monoisotopic (exact) mass is 1060 g/mol. The minimum absolute atomic E-state index is 0.0298. The van der Waals surface area contributed by atoms with Crippen molar-refractivity contribution in [2.75, 3.05) is 52.2 Å². The lowest BCUT2D eigenvalue weighted by Gasteiger charge is -2.33. The Bertz CT molecular complexity index is 2350. The first kappa shape index (κ1) is 64.5. The molecule has 1 saturated carbocycles. The number of rotatable bonds is 22. The molecule has 2 aromatic heterocycles. The number of benzene rings is 1. The molecule has 3 aromatic rings. The summed E-state index contributed by atoms with van der Waals surface area (Å²) in [6.07, 6.45) is 27.4. The highest BCUT2D eigenvalue weighted by atomic mass is 32.2. The largest absolute Gasteiger partial charge is 0.497 e. The number of amides is 4. The normalized spacial score (nSPS) is 15.9. The first-order valence-electron chi connectivity index (χ1n) is 26.6. The van der Waals surface area contributed by atoms with E-state index in [1.54, 1.807) is 37.3 Å². The lowest BCUT2D eigenvalue weighted by molar-refractivity contribution is -0.134. The van der Waals surface area contributed by atoms with E-state index in [0.717, 1.165) is 79.7 Å². The molecule has 4 amide bonds. The molecule has 3 atom stereocenters. The van der Waals surface area contributed by atoms with E-state index in [4.69, 9.17) is 14.6 Å². The van der Waals surface area contributed by atoms with Gasteiger partial charge in [-0.15, -0.1) is 11.3 Å². The van der Waals surface area contributed by atoms with Crippen LogP contribution in [0.2, 0.25) is 0 Å².